The third-order valence-electron chi connectivity index (χ3n) is 3.48. The smallest absolute Gasteiger partial charge is 0.0378 e. The van der Waals surface area contributed by atoms with Crippen molar-refractivity contribution in [2.45, 2.75) is 38.4 Å². The molecule has 0 spiro atoms. The van der Waals surface area contributed by atoms with Gasteiger partial charge in [0.15, 0.2) is 0 Å². The van der Waals surface area contributed by atoms with Gasteiger partial charge in [-0.15, -0.1) is 0 Å². The van der Waals surface area contributed by atoms with Crippen LogP contribution in [0.15, 0.2) is 24.3 Å². The molecule has 1 nitrogen and oxygen atoms in total. The van der Waals surface area contributed by atoms with E-state index in [1.807, 2.05) is 0 Å². The predicted octanol–water partition coefficient (Wildman–Crippen LogP) is 2.90. The van der Waals surface area contributed by atoms with Crippen molar-refractivity contribution in [3.8, 4) is 0 Å². The summed E-state index contributed by atoms with van der Waals surface area (Å²) >= 11 is 0. The van der Waals surface area contributed by atoms with Crippen LogP contribution in [0.1, 0.15) is 43.5 Å². The summed E-state index contributed by atoms with van der Waals surface area (Å²) in [7, 11) is 0. The van der Waals surface area contributed by atoms with Gasteiger partial charge < -0.3 is 0 Å². The van der Waals surface area contributed by atoms with E-state index in [1.165, 1.54) is 6.42 Å². The highest BCUT2D eigenvalue weighted by atomic mass is 15.3. The number of hydrogen-bond donors (Lipinski definition) is 0. The van der Waals surface area contributed by atoms with Crippen LogP contribution in [0.25, 0.3) is 0 Å². The molecule has 2 aliphatic heterocycles. The average molecular weight is 173 g/mol. The van der Waals surface area contributed by atoms with E-state index >= 15 is 0 Å². The van der Waals surface area contributed by atoms with Crippen LogP contribution in [0.4, 0.5) is 0 Å². The molecule has 1 aromatic carbocycles. The highest BCUT2D eigenvalue weighted by Crippen LogP contribution is 2.57. The molecule has 1 fully saturated rings. The fourth-order valence-corrected chi connectivity index (χ4v) is 2.95. The molecule has 0 saturated carbocycles. The van der Waals surface area contributed by atoms with Gasteiger partial charge in [-0.1, -0.05) is 24.3 Å². The average Bonchev–Trinajstić information content (AvgIpc) is 2.53. The van der Waals surface area contributed by atoms with Crippen LogP contribution in [0.2, 0.25) is 0 Å². The maximum Gasteiger partial charge on any atom is 0.0378 e. The van der Waals surface area contributed by atoms with Gasteiger partial charge in [-0.05, 0) is 31.4 Å². The van der Waals surface area contributed by atoms with E-state index in [0.717, 1.165) is 12.1 Å². The second-order valence-corrected chi connectivity index (χ2v) is 4.44. The summed E-state index contributed by atoms with van der Waals surface area (Å²) in [4.78, 5) is 2.63. The Morgan fingerprint density at radius 1 is 1.15 bits per heavy atom. The zero-order valence-electron chi connectivity index (χ0n) is 8.20. The first-order chi connectivity index (χ1) is 6.29. The minimum absolute atomic E-state index is 0.691. The summed E-state index contributed by atoms with van der Waals surface area (Å²) in [6.07, 6.45) is 1.36. The summed E-state index contributed by atoms with van der Waals surface area (Å²) < 4.78 is 0. The molecule has 0 amide bonds. The zero-order valence-corrected chi connectivity index (χ0v) is 8.20. The van der Waals surface area contributed by atoms with Gasteiger partial charge in [0.25, 0.3) is 0 Å². The topological polar surface area (TPSA) is 3.24 Å². The predicted molar refractivity (Wildman–Crippen MR) is 53.5 cm³/mol. The van der Waals surface area contributed by atoms with Gasteiger partial charge in [0.1, 0.15) is 0 Å². The SMILES string of the molecule is CC(C)N1C2CC1c1ccccc12. The number of hydrogen-bond acceptors (Lipinski definition) is 1. The Kier molecular flexibility index (Phi) is 1.37. The minimum atomic E-state index is 0.691. The van der Waals surface area contributed by atoms with Crippen molar-refractivity contribution in [1.29, 1.82) is 0 Å². The molecule has 1 aromatic rings. The van der Waals surface area contributed by atoms with Crippen LogP contribution in [0.5, 0.6) is 0 Å². The van der Waals surface area contributed by atoms with Crippen LogP contribution in [-0.4, -0.2) is 10.9 Å². The van der Waals surface area contributed by atoms with Gasteiger partial charge >= 0.3 is 0 Å². The molecule has 0 radical (unpaired) electrons. The molecular weight excluding hydrogens is 158 g/mol. The normalized spacial score (nSPS) is 30.4. The molecule has 1 saturated heterocycles. The lowest BCUT2D eigenvalue weighted by Crippen LogP contribution is -2.41. The quantitative estimate of drug-likeness (QED) is 0.631. The lowest BCUT2D eigenvalue weighted by atomic mass is 9.98. The minimum Gasteiger partial charge on any atom is -0.287 e. The van der Waals surface area contributed by atoms with E-state index in [-0.39, 0.29) is 0 Å². The Balaban J connectivity index is 2.04. The van der Waals surface area contributed by atoms with Gasteiger partial charge in [0, 0.05) is 18.1 Å². The van der Waals surface area contributed by atoms with Crippen molar-refractivity contribution in [3.63, 3.8) is 0 Å². The van der Waals surface area contributed by atoms with Crippen molar-refractivity contribution in [2.24, 2.45) is 0 Å². The molecule has 68 valence electrons. The monoisotopic (exact) mass is 173 g/mol. The first-order valence-electron chi connectivity index (χ1n) is 5.15. The van der Waals surface area contributed by atoms with E-state index < -0.39 is 0 Å². The molecular formula is C12H15N. The Hall–Kier alpha value is -0.820. The van der Waals surface area contributed by atoms with E-state index in [1.54, 1.807) is 11.1 Å². The fourth-order valence-electron chi connectivity index (χ4n) is 2.95. The fraction of sp³-hybridized carbons (Fsp3) is 0.500. The third-order valence-corrected chi connectivity index (χ3v) is 3.48. The van der Waals surface area contributed by atoms with E-state index in [4.69, 9.17) is 0 Å². The summed E-state index contributed by atoms with van der Waals surface area (Å²) in [5.41, 5.74) is 3.17. The lowest BCUT2D eigenvalue weighted by molar-refractivity contribution is 0.0103. The van der Waals surface area contributed by atoms with Crippen LogP contribution in [-0.2, 0) is 0 Å². The maximum atomic E-state index is 2.63. The summed E-state index contributed by atoms with van der Waals surface area (Å²) in [6.45, 7) is 4.59. The number of benzene rings is 1. The molecule has 1 aliphatic carbocycles. The molecule has 2 atom stereocenters. The molecule has 2 heterocycles. The van der Waals surface area contributed by atoms with Crippen LogP contribution in [0.3, 0.4) is 0 Å². The van der Waals surface area contributed by atoms with Gasteiger partial charge in [-0.2, -0.15) is 0 Å². The van der Waals surface area contributed by atoms with E-state index in [0.29, 0.717) is 6.04 Å². The highest BCUT2D eigenvalue weighted by Gasteiger charge is 2.49. The standard InChI is InChI=1S/C12H15N/c1-8(2)13-11-7-12(13)10-6-4-3-5-9(10)11/h3-6,8,11-12H,7H2,1-2H3. The van der Waals surface area contributed by atoms with Crippen LogP contribution in [0, 0.1) is 0 Å². The highest BCUT2D eigenvalue weighted by molar-refractivity contribution is 5.43. The summed E-state index contributed by atoms with van der Waals surface area (Å²) in [5, 5.41) is 0. The van der Waals surface area contributed by atoms with Crippen molar-refractivity contribution < 1.29 is 0 Å². The summed E-state index contributed by atoms with van der Waals surface area (Å²) in [6, 6.07) is 11.1. The molecule has 1 heteroatoms. The molecule has 4 rings (SSSR count). The second kappa shape index (κ2) is 2.36. The Bertz CT molecular complexity index is 314. The van der Waals surface area contributed by atoms with Crippen molar-refractivity contribution in [1.82, 2.24) is 4.90 Å². The maximum absolute atomic E-state index is 2.63. The zero-order chi connectivity index (χ0) is 9.00. The third kappa shape index (κ3) is 0.806. The lowest BCUT2D eigenvalue weighted by Gasteiger charge is -2.44. The molecule has 13 heavy (non-hydrogen) atoms. The molecule has 2 unspecified atom stereocenters. The second-order valence-electron chi connectivity index (χ2n) is 4.44. The largest absolute Gasteiger partial charge is 0.287 e. The molecule has 0 aromatic heterocycles. The van der Waals surface area contributed by atoms with E-state index in [9.17, 15) is 0 Å². The number of nitrogens with zero attached hydrogens (tertiary/aromatic N) is 1. The first kappa shape index (κ1) is 7.57. The summed E-state index contributed by atoms with van der Waals surface area (Å²) in [5.74, 6) is 0. The van der Waals surface area contributed by atoms with Crippen molar-refractivity contribution >= 4 is 0 Å². The Labute approximate surface area is 79.4 Å². The molecule has 3 aliphatic rings. The van der Waals surface area contributed by atoms with E-state index in [2.05, 4.69) is 43.0 Å². The van der Waals surface area contributed by atoms with Gasteiger partial charge in [0.2, 0.25) is 0 Å². The van der Waals surface area contributed by atoms with Crippen molar-refractivity contribution in [3.05, 3.63) is 35.4 Å². The Morgan fingerprint density at radius 3 is 2.15 bits per heavy atom. The van der Waals surface area contributed by atoms with Crippen LogP contribution < -0.4 is 0 Å². The first-order valence-corrected chi connectivity index (χ1v) is 5.15. The number of rotatable bonds is 1. The Morgan fingerprint density at radius 2 is 1.69 bits per heavy atom. The molecule has 2 bridgehead atoms. The molecule has 0 N–H and O–H groups in total. The van der Waals surface area contributed by atoms with Crippen molar-refractivity contribution in [2.75, 3.05) is 0 Å². The van der Waals surface area contributed by atoms with Crippen LogP contribution >= 0.6 is 0 Å². The van der Waals surface area contributed by atoms with Gasteiger partial charge in [-0.3, -0.25) is 4.90 Å². The van der Waals surface area contributed by atoms with Gasteiger partial charge in [-0.25, -0.2) is 0 Å². The van der Waals surface area contributed by atoms with Gasteiger partial charge in [0.05, 0.1) is 0 Å².